The lowest BCUT2D eigenvalue weighted by Crippen LogP contribution is -2.50. The molecular weight excluding hydrogens is 282 g/mol. The van der Waals surface area contributed by atoms with Gasteiger partial charge in [-0.25, -0.2) is 4.79 Å². The van der Waals surface area contributed by atoms with Crippen molar-refractivity contribution in [2.45, 2.75) is 19.0 Å². The molecule has 3 N–H and O–H groups in total. The molecule has 2 aromatic rings. The number of aromatic nitrogens is 1. The maximum Gasteiger partial charge on any atom is 0.318 e. The van der Waals surface area contributed by atoms with Crippen LogP contribution >= 0.6 is 0 Å². The van der Waals surface area contributed by atoms with Crippen molar-refractivity contribution >= 4 is 16.9 Å². The van der Waals surface area contributed by atoms with Gasteiger partial charge in [-0.3, -0.25) is 0 Å². The van der Waals surface area contributed by atoms with Crippen molar-refractivity contribution in [3.05, 3.63) is 35.5 Å². The minimum absolute atomic E-state index is 0.0450. The third kappa shape index (κ3) is 2.67. The number of ether oxygens (including phenoxy) is 1. The van der Waals surface area contributed by atoms with E-state index in [1.54, 1.807) is 12.0 Å². The predicted molar refractivity (Wildman–Crippen MR) is 83.7 cm³/mol. The summed E-state index contributed by atoms with van der Waals surface area (Å²) in [6.45, 7) is 1.37. The third-order valence-corrected chi connectivity index (χ3v) is 4.17. The standard InChI is InChI=1S/C16H21N3O3/c1-22-7-6-17-16(21)19-9-15-13(8-11(19)10-20)12-4-2-3-5-14(12)18-15/h2-5,11,18,20H,6-10H2,1H3,(H,17,21). The highest BCUT2D eigenvalue weighted by atomic mass is 16.5. The number of nitrogens with one attached hydrogen (secondary N) is 2. The van der Waals surface area contributed by atoms with Crippen LogP contribution in [0.25, 0.3) is 10.9 Å². The summed E-state index contributed by atoms with van der Waals surface area (Å²) in [7, 11) is 1.60. The van der Waals surface area contributed by atoms with Gasteiger partial charge in [-0.1, -0.05) is 18.2 Å². The molecule has 1 unspecified atom stereocenters. The van der Waals surface area contributed by atoms with Gasteiger partial charge in [0.05, 0.1) is 25.8 Å². The van der Waals surface area contributed by atoms with E-state index >= 15 is 0 Å². The van der Waals surface area contributed by atoms with E-state index < -0.39 is 0 Å². The Labute approximate surface area is 129 Å². The van der Waals surface area contributed by atoms with Gasteiger partial charge in [-0.2, -0.15) is 0 Å². The number of amides is 2. The van der Waals surface area contributed by atoms with Crippen molar-refractivity contribution in [3.63, 3.8) is 0 Å². The van der Waals surface area contributed by atoms with E-state index in [9.17, 15) is 9.90 Å². The number of benzene rings is 1. The van der Waals surface area contributed by atoms with Crippen molar-refractivity contribution < 1.29 is 14.6 Å². The topological polar surface area (TPSA) is 77.6 Å². The maximum absolute atomic E-state index is 12.3. The van der Waals surface area contributed by atoms with Crippen LogP contribution in [0, 0.1) is 0 Å². The fourth-order valence-electron chi connectivity index (χ4n) is 3.03. The molecule has 3 rings (SSSR count). The van der Waals surface area contributed by atoms with E-state index in [1.807, 2.05) is 18.2 Å². The summed E-state index contributed by atoms with van der Waals surface area (Å²) in [5.74, 6) is 0. The van der Waals surface area contributed by atoms with E-state index in [2.05, 4.69) is 16.4 Å². The molecule has 22 heavy (non-hydrogen) atoms. The molecule has 2 heterocycles. The highest BCUT2D eigenvalue weighted by Crippen LogP contribution is 2.30. The van der Waals surface area contributed by atoms with Gasteiger partial charge in [0.1, 0.15) is 0 Å². The first kappa shape index (κ1) is 14.9. The van der Waals surface area contributed by atoms with Gasteiger partial charge < -0.3 is 25.0 Å². The Bertz CT molecular complexity index is 668. The summed E-state index contributed by atoms with van der Waals surface area (Å²) in [5, 5.41) is 13.7. The fourth-order valence-corrected chi connectivity index (χ4v) is 3.03. The first-order valence-corrected chi connectivity index (χ1v) is 7.47. The van der Waals surface area contributed by atoms with Crippen molar-refractivity contribution in [2.24, 2.45) is 0 Å². The summed E-state index contributed by atoms with van der Waals surface area (Å²) in [5.41, 5.74) is 3.33. The number of methoxy groups -OCH3 is 1. The molecule has 1 aliphatic heterocycles. The zero-order valence-electron chi connectivity index (χ0n) is 12.6. The summed E-state index contributed by atoms with van der Waals surface area (Å²) >= 11 is 0. The number of para-hydroxylation sites is 1. The molecule has 0 saturated carbocycles. The number of H-pyrrole nitrogens is 1. The highest BCUT2D eigenvalue weighted by Gasteiger charge is 2.31. The molecule has 0 aliphatic carbocycles. The average molecular weight is 303 g/mol. The molecule has 1 aliphatic rings. The van der Waals surface area contributed by atoms with Gasteiger partial charge in [0, 0.05) is 30.3 Å². The number of aliphatic hydroxyl groups is 1. The quantitative estimate of drug-likeness (QED) is 0.744. The Morgan fingerprint density at radius 3 is 3.09 bits per heavy atom. The Balaban J connectivity index is 1.83. The SMILES string of the molecule is COCCNC(=O)N1Cc2[nH]c3ccccc3c2CC1CO. The van der Waals surface area contributed by atoms with Crippen LogP contribution in [0.2, 0.25) is 0 Å². The van der Waals surface area contributed by atoms with Crippen LogP contribution in [0.3, 0.4) is 0 Å². The number of hydrogen-bond acceptors (Lipinski definition) is 3. The van der Waals surface area contributed by atoms with Gasteiger partial charge in [0.25, 0.3) is 0 Å². The lowest BCUT2D eigenvalue weighted by atomic mass is 9.97. The summed E-state index contributed by atoms with van der Waals surface area (Å²) in [4.78, 5) is 17.4. The molecule has 0 bridgehead atoms. The Kier molecular flexibility index (Phi) is 4.31. The molecule has 118 valence electrons. The number of rotatable bonds is 4. The number of aromatic amines is 1. The minimum atomic E-state index is -0.200. The van der Waals surface area contributed by atoms with E-state index in [0.717, 1.165) is 11.2 Å². The molecule has 1 aromatic heterocycles. The number of nitrogens with zero attached hydrogens (tertiary/aromatic N) is 1. The van der Waals surface area contributed by atoms with Crippen molar-refractivity contribution in [1.82, 2.24) is 15.2 Å². The largest absolute Gasteiger partial charge is 0.394 e. The Hall–Kier alpha value is -2.05. The number of carbonyl (C=O) groups excluding carboxylic acids is 1. The molecule has 1 atom stereocenters. The highest BCUT2D eigenvalue weighted by molar-refractivity contribution is 5.85. The monoisotopic (exact) mass is 303 g/mol. The number of carbonyl (C=O) groups is 1. The fraction of sp³-hybridized carbons (Fsp3) is 0.438. The van der Waals surface area contributed by atoms with E-state index in [4.69, 9.17) is 4.74 Å². The molecule has 0 spiro atoms. The molecule has 6 nitrogen and oxygen atoms in total. The second-order valence-corrected chi connectivity index (χ2v) is 5.52. The van der Waals surface area contributed by atoms with Crippen LogP contribution in [-0.2, 0) is 17.7 Å². The van der Waals surface area contributed by atoms with Gasteiger partial charge in [-0.05, 0) is 18.1 Å². The molecule has 0 radical (unpaired) electrons. The van der Waals surface area contributed by atoms with Crippen LogP contribution < -0.4 is 5.32 Å². The van der Waals surface area contributed by atoms with E-state index in [1.165, 1.54) is 10.9 Å². The summed E-state index contributed by atoms with van der Waals surface area (Å²) in [6, 6.07) is 7.74. The van der Waals surface area contributed by atoms with Gasteiger partial charge >= 0.3 is 6.03 Å². The van der Waals surface area contributed by atoms with Crippen molar-refractivity contribution in [3.8, 4) is 0 Å². The number of aliphatic hydroxyl groups excluding tert-OH is 1. The molecule has 1 aromatic carbocycles. The second-order valence-electron chi connectivity index (χ2n) is 5.52. The van der Waals surface area contributed by atoms with Crippen molar-refractivity contribution in [1.29, 1.82) is 0 Å². The first-order chi connectivity index (χ1) is 10.7. The van der Waals surface area contributed by atoms with Crippen LogP contribution in [-0.4, -0.2) is 53.9 Å². The molecular formula is C16H21N3O3. The van der Waals surface area contributed by atoms with E-state index in [0.29, 0.717) is 26.1 Å². The number of hydrogen-bond donors (Lipinski definition) is 3. The number of urea groups is 1. The van der Waals surface area contributed by atoms with Crippen molar-refractivity contribution in [2.75, 3.05) is 26.9 Å². The van der Waals surface area contributed by atoms with E-state index in [-0.39, 0.29) is 18.7 Å². The van der Waals surface area contributed by atoms with Crippen LogP contribution in [0.4, 0.5) is 4.79 Å². The Morgan fingerprint density at radius 2 is 2.32 bits per heavy atom. The zero-order chi connectivity index (χ0) is 15.5. The van der Waals surface area contributed by atoms with Gasteiger partial charge in [-0.15, -0.1) is 0 Å². The maximum atomic E-state index is 12.3. The first-order valence-electron chi connectivity index (χ1n) is 7.47. The second kappa shape index (κ2) is 6.37. The summed E-state index contributed by atoms with van der Waals surface area (Å²) in [6.07, 6.45) is 0.660. The van der Waals surface area contributed by atoms with Crippen LogP contribution in [0.1, 0.15) is 11.3 Å². The van der Waals surface area contributed by atoms with Crippen LogP contribution in [0.15, 0.2) is 24.3 Å². The molecule has 0 saturated heterocycles. The normalized spacial score (nSPS) is 17.5. The van der Waals surface area contributed by atoms with Crippen LogP contribution in [0.5, 0.6) is 0 Å². The number of fused-ring (bicyclic) bond motifs is 3. The van der Waals surface area contributed by atoms with Gasteiger partial charge in [0.15, 0.2) is 0 Å². The summed E-state index contributed by atoms with van der Waals surface area (Å²) < 4.78 is 4.94. The lowest BCUT2D eigenvalue weighted by molar-refractivity contribution is 0.118. The molecule has 6 heteroatoms. The molecule has 2 amide bonds. The lowest BCUT2D eigenvalue weighted by Gasteiger charge is -2.34. The zero-order valence-corrected chi connectivity index (χ0v) is 12.6. The predicted octanol–water partition coefficient (Wildman–Crippen LogP) is 1.24. The Morgan fingerprint density at radius 1 is 1.50 bits per heavy atom. The average Bonchev–Trinajstić information content (AvgIpc) is 2.91. The molecule has 0 fully saturated rings. The smallest absolute Gasteiger partial charge is 0.318 e. The minimum Gasteiger partial charge on any atom is -0.394 e. The van der Waals surface area contributed by atoms with Gasteiger partial charge in [0.2, 0.25) is 0 Å². The third-order valence-electron chi connectivity index (χ3n) is 4.17.